The number of alkyl halides is 3. The molecule has 0 aliphatic carbocycles. The van der Waals surface area contributed by atoms with Gasteiger partial charge in [0.25, 0.3) is 0 Å². The third-order valence-corrected chi connectivity index (χ3v) is 2.42. The smallest absolute Gasteiger partial charge is 0.422 e. The molecule has 0 atom stereocenters. The number of hydrogen-bond donors (Lipinski definition) is 2. The Morgan fingerprint density at radius 2 is 2.00 bits per heavy atom. The van der Waals surface area contributed by atoms with Crippen molar-refractivity contribution in [2.24, 2.45) is 0 Å². The van der Waals surface area contributed by atoms with Crippen LogP contribution in [-0.4, -0.2) is 31.9 Å². The van der Waals surface area contributed by atoms with E-state index in [0.717, 1.165) is 13.1 Å². The Hall–Kier alpha value is -1.43. The molecule has 1 aromatic rings. The topological polar surface area (TPSA) is 33.3 Å². The average molecular weight is 246 g/mol. The van der Waals surface area contributed by atoms with Crippen LogP contribution in [0.25, 0.3) is 0 Å². The Morgan fingerprint density at radius 3 is 2.59 bits per heavy atom. The molecule has 17 heavy (non-hydrogen) atoms. The molecule has 0 saturated carbocycles. The van der Waals surface area contributed by atoms with Gasteiger partial charge in [-0.2, -0.15) is 13.2 Å². The summed E-state index contributed by atoms with van der Waals surface area (Å²) in [6, 6.07) is 6.90. The van der Waals surface area contributed by atoms with Crippen LogP contribution in [0.1, 0.15) is 0 Å². The van der Waals surface area contributed by atoms with E-state index in [9.17, 15) is 13.2 Å². The van der Waals surface area contributed by atoms with Gasteiger partial charge < -0.3 is 15.4 Å². The molecule has 1 fully saturated rings. The molecule has 0 spiro atoms. The van der Waals surface area contributed by atoms with E-state index in [-0.39, 0.29) is 11.8 Å². The highest BCUT2D eigenvalue weighted by atomic mass is 19.4. The molecule has 0 amide bonds. The number of rotatable bonds is 4. The summed E-state index contributed by atoms with van der Waals surface area (Å²) in [5, 5.41) is 6.20. The summed E-state index contributed by atoms with van der Waals surface area (Å²) in [6.45, 7) is 0.357. The Morgan fingerprint density at radius 1 is 1.29 bits per heavy atom. The summed E-state index contributed by atoms with van der Waals surface area (Å²) >= 11 is 0. The molecule has 0 radical (unpaired) electrons. The maximum Gasteiger partial charge on any atom is 0.422 e. The standard InChI is InChI=1S/C11H13F3N2O/c12-11(13,14)7-17-10-4-2-1-3-9(10)16-8-5-15-6-8/h1-4,8,15-16H,5-7H2. The molecule has 3 nitrogen and oxygen atoms in total. The van der Waals surface area contributed by atoms with Crippen molar-refractivity contribution in [1.29, 1.82) is 0 Å². The van der Waals surface area contributed by atoms with Crippen molar-refractivity contribution < 1.29 is 17.9 Å². The summed E-state index contributed by atoms with van der Waals surface area (Å²) < 4.78 is 40.9. The van der Waals surface area contributed by atoms with E-state index in [0.29, 0.717) is 5.69 Å². The first-order chi connectivity index (χ1) is 8.04. The van der Waals surface area contributed by atoms with Crippen molar-refractivity contribution in [2.45, 2.75) is 12.2 Å². The second-order valence-electron chi connectivity index (χ2n) is 3.90. The number of hydrogen-bond acceptors (Lipinski definition) is 3. The predicted octanol–water partition coefficient (Wildman–Crippen LogP) is 2.01. The minimum atomic E-state index is -4.31. The first kappa shape index (κ1) is 12.0. The highest BCUT2D eigenvalue weighted by Gasteiger charge is 2.29. The number of para-hydroxylation sites is 2. The fourth-order valence-corrected chi connectivity index (χ4v) is 1.48. The minimum absolute atomic E-state index is 0.233. The summed E-state index contributed by atoms with van der Waals surface area (Å²) in [7, 11) is 0. The van der Waals surface area contributed by atoms with E-state index in [1.165, 1.54) is 6.07 Å². The van der Waals surface area contributed by atoms with Gasteiger partial charge in [0.2, 0.25) is 0 Å². The van der Waals surface area contributed by atoms with Crippen LogP contribution in [0.4, 0.5) is 18.9 Å². The lowest BCUT2D eigenvalue weighted by atomic mass is 10.1. The molecule has 1 aliphatic rings. The molecule has 0 aromatic heterocycles. The summed E-state index contributed by atoms with van der Waals surface area (Å²) in [6.07, 6.45) is -4.31. The first-order valence-electron chi connectivity index (χ1n) is 5.30. The average Bonchev–Trinajstić information content (AvgIpc) is 2.21. The molecule has 0 unspecified atom stereocenters. The van der Waals surface area contributed by atoms with Crippen molar-refractivity contribution in [3.63, 3.8) is 0 Å². The van der Waals surface area contributed by atoms with E-state index in [4.69, 9.17) is 4.74 Å². The van der Waals surface area contributed by atoms with Gasteiger partial charge >= 0.3 is 6.18 Å². The van der Waals surface area contributed by atoms with Crippen LogP contribution in [0.5, 0.6) is 5.75 Å². The number of nitrogens with one attached hydrogen (secondary N) is 2. The summed E-state index contributed by atoms with van der Waals surface area (Å²) in [5.41, 5.74) is 0.600. The molecular formula is C11H13F3N2O. The molecule has 0 bridgehead atoms. The Bertz CT molecular complexity index is 377. The van der Waals surface area contributed by atoms with Gasteiger partial charge in [-0.05, 0) is 12.1 Å². The predicted molar refractivity (Wildman–Crippen MR) is 58.3 cm³/mol. The molecule has 2 N–H and O–H groups in total. The lowest BCUT2D eigenvalue weighted by Gasteiger charge is -2.29. The Labute approximate surface area is 97.0 Å². The zero-order chi connectivity index (χ0) is 12.3. The third kappa shape index (κ3) is 3.52. The van der Waals surface area contributed by atoms with Crippen LogP contribution < -0.4 is 15.4 Å². The maximum atomic E-state index is 12.1. The normalized spacial score (nSPS) is 16.4. The first-order valence-corrected chi connectivity index (χ1v) is 5.30. The van der Waals surface area contributed by atoms with Crippen LogP contribution in [0, 0.1) is 0 Å². The van der Waals surface area contributed by atoms with Gasteiger partial charge in [0.1, 0.15) is 5.75 Å². The van der Waals surface area contributed by atoms with Crippen LogP contribution in [0.2, 0.25) is 0 Å². The molecular weight excluding hydrogens is 233 g/mol. The number of halogens is 3. The number of ether oxygens (including phenoxy) is 1. The summed E-state index contributed by atoms with van der Waals surface area (Å²) in [5.74, 6) is 0.233. The zero-order valence-corrected chi connectivity index (χ0v) is 9.05. The summed E-state index contributed by atoms with van der Waals surface area (Å²) in [4.78, 5) is 0. The van der Waals surface area contributed by atoms with Crippen LogP contribution >= 0.6 is 0 Å². The number of benzene rings is 1. The molecule has 1 aromatic carbocycles. The van der Waals surface area contributed by atoms with Gasteiger partial charge in [-0.25, -0.2) is 0 Å². The maximum absolute atomic E-state index is 12.1. The lowest BCUT2D eigenvalue weighted by molar-refractivity contribution is -0.153. The van der Waals surface area contributed by atoms with E-state index >= 15 is 0 Å². The van der Waals surface area contributed by atoms with Gasteiger partial charge in [0.15, 0.2) is 6.61 Å². The molecule has 1 aliphatic heterocycles. The molecule has 1 saturated heterocycles. The number of anilines is 1. The van der Waals surface area contributed by atoms with Crippen molar-refractivity contribution in [3.8, 4) is 5.75 Å². The van der Waals surface area contributed by atoms with Crippen LogP contribution in [-0.2, 0) is 0 Å². The van der Waals surface area contributed by atoms with E-state index in [2.05, 4.69) is 10.6 Å². The fraction of sp³-hybridized carbons (Fsp3) is 0.455. The Kier molecular flexibility index (Phi) is 3.42. The van der Waals surface area contributed by atoms with Crippen LogP contribution in [0.15, 0.2) is 24.3 Å². The third-order valence-electron chi connectivity index (χ3n) is 2.42. The van der Waals surface area contributed by atoms with Crippen LogP contribution in [0.3, 0.4) is 0 Å². The minimum Gasteiger partial charge on any atom is -0.482 e. The molecule has 6 heteroatoms. The van der Waals surface area contributed by atoms with Gasteiger partial charge in [0.05, 0.1) is 11.7 Å². The van der Waals surface area contributed by atoms with E-state index in [1.54, 1.807) is 18.2 Å². The van der Waals surface area contributed by atoms with Crippen molar-refractivity contribution in [2.75, 3.05) is 25.0 Å². The van der Waals surface area contributed by atoms with Gasteiger partial charge in [-0.15, -0.1) is 0 Å². The van der Waals surface area contributed by atoms with Crippen molar-refractivity contribution in [3.05, 3.63) is 24.3 Å². The Balaban J connectivity index is 1.99. The molecule has 94 valence electrons. The SMILES string of the molecule is FC(F)(F)COc1ccccc1NC1CNC1. The van der Waals surface area contributed by atoms with E-state index in [1.807, 2.05) is 0 Å². The van der Waals surface area contributed by atoms with Gasteiger partial charge in [-0.1, -0.05) is 12.1 Å². The zero-order valence-electron chi connectivity index (χ0n) is 9.05. The molecule has 2 rings (SSSR count). The second kappa shape index (κ2) is 4.83. The monoisotopic (exact) mass is 246 g/mol. The highest BCUT2D eigenvalue weighted by molar-refractivity contribution is 5.57. The highest BCUT2D eigenvalue weighted by Crippen LogP contribution is 2.27. The van der Waals surface area contributed by atoms with Gasteiger partial charge in [-0.3, -0.25) is 0 Å². The van der Waals surface area contributed by atoms with Crippen molar-refractivity contribution in [1.82, 2.24) is 5.32 Å². The van der Waals surface area contributed by atoms with E-state index < -0.39 is 12.8 Å². The molecule has 1 heterocycles. The van der Waals surface area contributed by atoms with Gasteiger partial charge in [0, 0.05) is 13.1 Å². The lowest BCUT2D eigenvalue weighted by Crippen LogP contribution is -2.51. The van der Waals surface area contributed by atoms with Crippen molar-refractivity contribution >= 4 is 5.69 Å². The quantitative estimate of drug-likeness (QED) is 0.852. The second-order valence-corrected chi connectivity index (χ2v) is 3.90. The largest absolute Gasteiger partial charge is 0.482 e. The fourth-order valence-electron chi connectivity index (χ4n) is 1.48.